The monoisotopic (exact) mass is 265 g/mol. The van der Waals surface area contributed by atoms with Crippen molar-refractivity contribution in [2.45, 2.75) is 6.54 Å². The van der Waals surface area contributed by atoms with Crippen LogP contribution in [0.5, 0.6) is 0 Å². The number of hydrogen-bond donors (Lipinski definition) is 2. The van der Waals surface area contributed by atoms with Gasteiger partial charge in [-0.05, 0) is 18.2 Å². The Hall–Kier alpha value is -2.01. The summed E-state index contributed by atoms with van der Waals surface area (Å²) >= 11 is 5.87. The van der Waals surface area contributed by atoms with E-state index in [9.17, 15) is 4.79 Å². The summed E-state index contributed by atoms with van der Waals surface area (Å²) in [6.45, 7) is 0.608. The molecule has 1 aromatic heterocycles. The summed E-state index contributed by atoms with van der Waals surface area (Å²) in [6, 6.07) is 4.77. The first kappa shape index (κ1) is 12.4. The smallest absolute Gasteiger partial charge is 0.337 e. The first-order valence-corrected chi connectivity index (χ1v) is 5.68. The second kappa shape index (κ2) is 5.10. The number of anilines is 1. The Bertz CT molecular complexity index is 580. The van der Waals surface area contributed by atoms with Crippen molar-refractivity contribution in [2.24, 2.45) is 7.05 Å². The van der Waals surface area contributed by atoms with Crippen LogP contribution in [0.2, 0.25) is 5.02 Å². The summed E-state index contributed by atoms with van der Waals surface area (Å²) in [5.74, 6) is -1.03. The van der Waals surface area contributed by atoms with Crippen LogP contribution < -0.4 is 5.32 Å². The van der Waals surface area contributed by atoms with Gasteiger partial charge in [-0.25, -0.2) is 4.79 Å². The Labute approximate surface area is 109 Å². The number of carboxylic acid groups (broad SMARTS) is 1. The molecule has 6 heteroatoms. The fraction of sp³-hybridized carbons (Fsp3) is 0.167. The highest BCUT2D eigenvalue weighted by Gasteiger charge is 2.08. The number of aromatic nitrogens is 2. The van der Waals surface area contributed by atoms with Crippen LogP contribution in [0.4, 0.5) is 5.69 Å². The van der Waals surface area contributed by atoms with Crippen molar-refractivity contribution < 1.29 is 9.90 Å². The zero-order chi connectivity index (χ0) is 13.1. The molecule has 0 saturated heterocycles. The van der Waals surface area contributed by atoms with Crippen molar-refractivity contribution in [3.63, 3.8) is 0 Å². The van der Waals surface area contributed by atoms with Gasteiger partial charge in [0.05, 0.1) is 16.8 Å². The quantitative estimate of drug-likeness (QED) is 0.891. The zero-order valence-corrected chi connectivity index (χ0v) is 10.5. The Kier molecular flexibility index (Phi) is 3.53. The van der Waals surface area contributed by atoms with Gasteiger partial charge in [-0.2, -0.15) is 5.10 Å². The molecule has 0 aliphatic carbocycles. The summed E-state index contributed by atoms with van der Waals surface area (Å²) in [5, 5.41) is 16.3. The molecule has 94 valence electrons. The van der Waals surface area contributed by atoms with E-state index in [-0.39, 0.29) is 10.6 Å². The van der Waals surface area contributed by atoms with Gasteiger partial charge in [-0.1, -0.05) is 11.6 Å². The molecule has 0 bridgehead atoms. The molecule has 0 amide bonds. The molecule has 5 nitrogen and oxygen atoms in total. The lowest BCUT2D eigenvalue weighted by molar-refractivity contribution is 0.0697. The number of aryl methyl sites for hydroxylation is 1. The SMILES string of the molecule is Cn1cc(CNc2ccc(C(=O)O)c(Cl)c2)cn1. The minimum atomic E-state index is -1.03. The van der Waals surface area contributed by atoms with Crippen LogP contribution in [-0.4, -0.2) is 20.9 Å². The summed E-state index contributed by atoms with van der Waals surface area (Å²) in [5.41, 5.74) is 1.91. The Morgan fingerprint density at radius 1 is 1.56 bits per heavy atom. The largest absolute Gasteiger partial charge is 0.478 e. The van der Waals surface area contributed by atoms with Gasteiger partial charge in [0.15, 0.2) is 0 Å². The van der Waals surface area contributed by atoms with Gasteiger partial charge in [0.1, 0.15) is 0 Å². The maximum Gasteiger partial charge on any atom is 0.337 e. The zero-order valence-electron chi connectivity index (χ0n) is 9.72. The topological polar surface area (TPSA) is 67.2 Å². The predicted molar refractivity (Wildman–Crippen MR) is 68.9 cm³/mol. The number of benzene rings is 1. The molecule has 1 heterocycles. The predicted octanol–water partition coefficient (Wildman–Crippen LogP) is 2.38. The third-order valence-electron chi connectivity index (χ3n) is 2.45. The molecule has 0 aliphatic heterocycles. The average Bonchev–Trinajstić information content (AvgIpc) is 2.72. The van der Waals surface area contributed by atoms with Crippen molar-refractivity contribution in [1.82, 2.24) is 9.78 Å². The van der Waals surface area contributed by atoms with Gasteiger partial charge in [0.25, 0.3) is 0 Å². The molecule has 0 fully saturated rings. The molecular formula is C12H12ClN3O2. The molecular weight excluding hydrogens is 254 g/mol. The summed E-state index contributed by atoms with van der Waals surface area (Å²) in [7, 11) is 1.85. The number of carbonyl (C=O) groups is 1. The van der Waals surface area contributed by atoms with Crippen molar-refractivity contribution in [3.05, 3.63) is 46.7 Å². The van der Waals surface area contributed by atoms with Gasteiger partial charge in [-0.15, -0.1) is 0 Å². The molecule has 0 saturated carbocycles. The molecule has 18 heavy (non-hydrogen) atoms. The van der Waals surface area contributed by atoms with E-state index in [0.717, 1.165) is 11.3 Å². The minimum Gasteiger partial charge on any atom is -0.478 e. The van der Waals surface area contributed by atoms with E-state index < -0.39 is 5.97 Å². The fourth-order valence-electron chi connectivity index (χ4n) is 1.57. The Morgan fingerprint density at radius 2 is 2.33 bits per heavy atom. The molecule has 2 aromatic rings. The first-order valence-electron chi connectivity index (χ1n) is 5.30. The van der Waals surface area contributed by atoms with Crippen LogP contribution >= 0.6 is 11.6 Å². The van der Waals surface area contributed by atoms with Crippen LogP contribution in [0, 0.1) is 0 Å². The van der Waals surface area contributed by atoms with E-state index in [1.807, 2.05) is 13.2 Å². The Morgan fingerprint density at radius 3 is 2.89 bits per heavy atom. The maximum atomic E-state index is 10.8. The highest BCUT2D eigenvalue weighted by Crippen LogP contribution is 2.21. The maximum absolute atomic E-state index is 10.8. The number of aromatic carboxylic acids is 1. The lowest BCUT2D eigenvalue weighted by Crippen LogP contribution is -2.01. The Balaban J connectivity index is 2.06. The molecule has 0 unspecified atom stereocenters. The minimum absolute atomic E-state index is 0.101. The van der Waals surface area contributed by atoms with Gasteiger partial charge in [-0.3, -0.25) is 4.68 Å². The van der Waals surface area contributed by atoms with Crippen molar-refractivity contribution in [1.29, 1.82) is 0 Å². The summed E-state index contributed by atoms with van der Waals surface area (Å²) in [4.78, 5) is 10.8. The number of halogens is 1. The van der Waals surface area contributed by atoms with Crippen molar-refractivity contribution in [3.8, 4) is 0 Å². The molecule has 1 aromatic carbocycles. The third-order valence-corrected chi connectivity index (χ3v) is 2.77. The summed E-state index contributed by atoms with van der Waals surface area (Å²) < 4.78 is 1.72. The average molecular weight is 266 g/mol. The van der Waals surface area contributed by atoms with Crippen LogP contribution in [0.25, 0.3) is 0 Å². The number of nitrogens with one attached hydrogen (secondary N) is 1. The fourth-order valence-corrected chi connectivity index (χ4v) is 1.83. The van der Waals surface area contributed by atoms with Crippen molar-refractivity contribution in [2.75, 3.05) is 5.32 Å². The molecule has 2 N–H and O–H groups in total. The van der Waals surface area contributed by atoms with E-state index >= 15 is 0 Å². The summed E-state index contributed by atoms with van der Waals surface area (Å²) in [6.07, 6.45) is 3.67. The van der Waals surface area contributed by atoms with Crippen LogP contribution in [0.15, 0.2) is 30.6 Å². The van der Waals surface area contributed by atoms with Crippen LogP contribution in [0.1, 0.15) is 15.9 Å². The number of nitrogens with zero attached hydrogens (tertiary/aromatic N) is 2. The van der Waals surface area contributed by atoms with Gasteiger partial charge < -0.3 is 10.4 Å². The van der Waals surface area contributed by atoms with E-state index in [1.165, 1.54) is 6.07 Å². The lowest BCUT2D eigenvalue weighted by atomic mass is 10.2. The van der Waals surface area contributed by atoms with Crippen LogP contribution in [0.3, 0.4) is 0 Å². The third kappa shape index (κ3) is 2.81. The number of carboxylic acids is 1. The highest BCUT2D eigenvalue weighted by molar-refractivity contribution is 6.33. The molecule has 0 radical (unpaired) electrons. The first-order chi connectivity index (χ1) is 8.56. The van der Waals surface area contributed by atoms with E-state index in [2.05, 4.69) is 10.4 Å². The highest BCUT2D eigenvalue weighted by atomic mass is 35.5. The second-order valence-corrected chi connectivity index (χ2v) is 4.28. The van der Waals surface area contributed by atoms with Crippen LogP contribution in [-0.2, 0) is 13.6 Å². The molecule has 0 atom stereocenters. The molecule has 0 aliphatic rings. The van der Waals surface area contributed by atoms with E-state index in [4.69, 9.17) is 16.7 Å². The lowest BCUT2D eigenvalue weighted by Gasteiger charge is -2.06. The van der Waals surface area contributed by atoms with Gasteiger partial charge in [0, 0.05) is 31.0 Å². The van der Waals surface area contributed by atoms with Gasteiger partial charge >= 0.3 is 5.97 Å². The molecule has 2 rings (SSSR count). The second-order valence-electron chi connectivity index (χ2n) is 3.88. The van der Waals surface area contributed by atoms with Gasteiger partial charge in [0.2, 0.25) is 0 Å². The van der Waals surface area contributed by atoms with E-state index in [0.29, 0.717) is 6.54 Å². The van der Waals surface area contributed by atoms with E-state index in [1.54, 1.807) is 23.0 Å². The normalized spacial score (nSPS) is 10.3. The number of hydrogen-bond acceptors (Lipinski definition) is 3. The number of rotatable bonds is 4. The standard InChI is InChI=1S/C12H12ClN3O2/c1-16-7-8(6-15-16)5-14-9-2-3-10(12(17)18)11(13)4-9/h2-4,6-7,14H,5H2,1H3,(H,17,18). The van der Waals surface area contributed by atoms with Crippen molar-refractivity contribution >= 4 is 23.3 Å². The molecule has 0 spiro atoms.